The van der Waals surface area contributed by atoms with Gasteiger partial charge in [0, 0.05) is 23.5 Å². The van der Waals surface area contributed by atoms with Crippen molar-refractivity contribution < 1.29 is 23.1 Å². The van der Waals surface area contributed by atoms with Crippen LogP contribution in [-0.4, -0.2) is 22.9 Å². The van der Waals surface area contributed by atoms with E-state index in [0.717, 1.165) is 29.1 Å². The number of ketones is 1. The molecule has 1 heterocycles. The van der Waals surface area contributed by atoms with Crippen molar-refractivity contribution in [2.24, 2.45) is 0 Å². The number of esters is 1. The van der Waals surface area contributed by atoms with E-state index in [0.29, 0.717) is 12.1 Å². The van der Waals surface area contributed by atoms with Gasteiger partial charge >= 0.3 is 5.97 Å². The molecular formula is C22H19F2NO3. The van der Waals surface area contributed by atoms with Crippen LogP contribution in [0, 0.1) is 25.5 Å². The summed E-state index contributed by atoms with van der Waals surface area (Å²) >= 11 is 0. The van der Waals surface area contributed by atoms with Crippen LogP contribution in [-0.2, 0) is 11.3 Å². The first-order valence-electron chi connectivity index (χ1n) is 8.72. The molecule has 0 atom stereocenters. The van der Waals surface area contributed by atoms with Crippen molar-refractivity contribution in [3.05, 3.63) is 94.3 Å². The number of Topliss-reactive ketones (excluding diaryl/α,β-unsaturated/α-hetero) is 1. The number of hydrogen-bond donors (Lipinski definition) is 0. The highest BCUT2D eigenvalue weighted by Crippen LogP contribution is 2.18. The summed E-state index contributed by atoms with van der Waals surface area (Å²) in [7, 11) is 0. The van der Waals surface area contributed by atoms with Crippen LogP contribution in [0.25, 0.3) is 0 Å². The lowest BCUT2D eigenvalue weighted by Gasteiger charge is -2.10. The Hall–Kier alpha value is -3.28. The van der Waals surface area contributed by atoms with E-state index in [1.165, 1.54) is 24.3 Å². The van der Waals surface area contributed by atoms with Gasteiger partial charge in [-0.25, -0.2) is 13.6 Å². The van der Waals surface area contributed by atoms with E-state index < -0.39 is 18.4 Å². The molecule has 3 rings (SSSR count). The SMILES string of the molecule is Cc1cc(C(=O)COC(=O)c2ccc(F)cc2)c(C)n1Cc1ccc(F)cc1. The van der Waals surface area contributed by atoms with Crippen molar-refractivity contribution in [1.29, 1.82) is 0 Å². The van der Waals surface area contributed by atoms with Gasteiger partial charge in [-0.3, -0.25) is 4.79 Å². The Morgan fingerprint density at radius 2 is 1.50 bits per heavy atom. The highest BCUT2D eigenvalue weighted by atomic mass is 19.1. The zero-order chi connectivity index (χ0) is 20.3. The number of rotatable bonds is 6. The minimum atomic E-state index is -0.687. The van der Waals surface area contributed by atoms with Crippen molar-refractivity contribution in [2.45, 2.75) is 20.4 Å². The molecule has 2 aromatic carbocycles. The predicted molar refractivity (Wildman–Crippen MR) is 100 cm³/mol. The summed E-state index contributed by atoms with van der Waals surface area (Å²) in [5.41, 5.74) is 3.16. The van der Waals surface area contributed by atoms with Gasteiger partial charge < -0.3 is 9.30 Å². The summed E-state index contributed by atoms with van der Waals surface area (Å²) in [4.78, 5) is 24.5. The van der Waals surface area contributed by atoms with Gasteiger partial charge in [0.1, 0.15) is 11.6 Å². The standard InChI is InChI=1S/C22H19F2NO3/c1-14-11-20(15(2)25(14)12-16-3-7-18(23)8-4-16)21(26)13-28-22(27)17-5-9-19(24)10-6-17/h3-11H,12-13H2,1-2H3. The number of aromatic nitrogens is 1. The molecule has 1 aromatic heterocycles. The van der Waals surface area contributed by atoms with E-state index in [-0.39, 0.29) is 17.2 Å². The molecule has 0 saturated heterocycles. The second-order valence-electron chi connectivity index (χ2n) is 6.50. The number of ether oxygens (including phenoxy) is 1. The molecule has 28 heavy (non-hydrogen) atoms. The average Bonchev–Trinajstić information content (AvgIpc) is 2.96. The third-order valence-electron chi connectivity index (χ3n) is 4.54. The molecule has 0 radical (unpaired) electrons. The number of carbonyl (C=O) groups is 2. The number of nitrogens with zero attached hydrogens (tertiary/aromatic N) is 1. The molecule has 3 aromatic rings. The molecule has 0 unspecified atom stereocenters. The Bertz CT molecular complexity index is 1010. The second kappa shape index (κ2) is 8.17. The monoisotopic (exact) mass is 383 g/mol. The van der Waals surface area contributed by atoms with Crippen LogP contribution in [0.1, 0.15) is 37.7 Å². The lowest BCUT2D eigenvalue weighted by Crippen LogP contribution is -2.15. The molecule has 144 valence electrons. The second-order valence-corrected chi connectivity index (χ2v) is 6.50. The summed E-state index contributed by atoms with van der Waals surface area (Å²) in [6, 6.07) is 12.8. The Labute approximate surface area is 161 Å². The number of carbonyl (C=O) groups excluding carboxylic acids is 2. The molecule has 0 bridgehead atoms. The third kappa shape index (κ3) is 4.34. The zero-order valence-electron chi connectivity index (χ0n) is 15.5. The van der Waals surface area contributed by atoms with Crippen LogP contribution in [0.5, 0.6) is 0 Å². The van der Waals surface area contributed by atoms with Gasteiger partial charge in [-0.05, 0) is 61.9 Å². The van der Waals surface area contributed by atoms with E-state index in [4.69, 9.17) is 4.74 Å². The molecule has 0 N–H and O–H groups in total. The number of halogens is 2. The molecular weight excluding hydrogens is 364 g/mol. The third-order valence-corrected chi connectivity index (χ3v) is 4.54. The Kier molecular flexibility index (Phi) is 5.68. The van der Waals surface area contributed by atoms with E-state index >= 15 is 0 Å². The van der Waals surface area contributed by atoms with Gasteiger partial charge in [0.05, 0.1) is 5.56 Å². The molecule has 0 aliphatic rings. The molecule has 0 aliphatic carbocycles. The van der Waals surface area contributed by atoms with Gasteiger partial charge in [-0.1, -0.05) is 12.1 Å². The molecule has 0 fully saturated rings. The van der Waals surface area contributed by atoms with E-state index in [1.807, 2.05) is 18.4 Å². The summed E-state index contributed by atoms with van der Waals surface area (Å²) in [5.74, 6) is -1.77. The summed E-state index contributed by atoms with van der Waals surface area (Å²) in [5, 5.41) is 0. The first kappa shape index (κ1) is 19.5. The van der Waals surface area contributed by atoms with E-state index in [9.17, 15) is 18.4 Å². The molecule has 6 heteroatoms. The summed E-state index contributed by atoms with van der Waals surface area (Å²) in [6.45, 7) is 3.78. The van der Waals surface area contributed by atoms with Crippen molar-refractivity contribution in [1.82, 2.24) is 4.57 Å². The lowest BCUT2D eigenvalue weighted by molar-refractivity contribution is 0.0474. The molecule has 0 saturated carbocycles. The van der Waals surface area contributed by atoms with Crippen LogP contribution < -0.4 is 0 Å². The van der Waals surface area contributed by atoms with Crippen molar-refractivity contribution in [3.8, 4) is 0 Å². The Balaban J connectivity index is 1.69. The van der Waals surface area contributed by atoms with Gasteiger partial charge in [0.15, 0.2) is 6.61 Å². The topological polar surface area (TPSA) is 48.3 Å². The number of hydrogen-bond acceptors (Lipinski definition) is 3. The minimum Gasteiger partial charge on any atom is -0.454 e. The summed E-state index contributed by atoms with van der Waals surface area (Å²) < 4.78 is 33.0. The maximum absolute atomic E-state index is 13.1. The Morgan fingerprint density at radius 1 is 0.929 bits per heavy atom. The maximum Gasteiger partial charge on any atom is 0.338 e. The highest BCUT2D eigenvalue weighted by Gasteiger charge is 2.18. The van der Waals surface area contributed by atoms with E-state index in [1.54, 1.807) is 18.2 Å². The van der Waals surface area contributed by atoms with Gasteiger partial charge in [-0.2, -0.15) is 0 Å². The van der Waals surface area contributed by atoms with Crippen molar-refractivity contribution in [2.75, 3.05) is 6.61 Å². The zero-order valence-corrected chi connectivity index (χ0v) is 15.5. The first-order valence-corrected chi connectivity index (χ1v) is 8.72. The van der Waals surface area contributed by atoms with E-state index in [2.05, 4.69) is 0 Å². The number of benzene rings is 2. The largest absolute Gasteiger partial charge is 0.454 e. The summed E-state index contributed by atoms with van der Waals surface area (Å²) in [6.07, 6.45) is 0. The fraction of sp³-hybridized carbons (Fsp3) is 0.182. The quantitative estimate of drug-likeness (QED) is 0.466. The van der Waals surface area contributed by atoms with Gasteiger partial charge in [0.25, 0.3) is 0 Å². The van der Waals surface area contributed by atoms with Crippen LogP contribution in [0.2, 0.25) is 0 Å². The van der Waals surface area contributed by atoms with Crippen molar-refractivity contribution >= 4 is 11.8 Å². The highest BCUT2D eigenvalue weighted by molar-refractivity contribution is 6.00. The lowest BCUT2D eigenvalue weighted by atomic mass is 10.1. The van der Waals surface area contributed by atoms with Gasteiger partial charge in [0.2, 0.25) is 5.78 Å². The van der Waals surface area contributed by atoms with Gasteiger partial charge in [-0.15, -0.1) is 0 Å². The maximum atomic E-state index is 13.1. The predicted octanol–water partition coefficient (Wildman–Crippen LogP) is 4.47. The average molecular weight is 383 g/mol. The fourth-order valence-corrected chi connectivity index (χ4v) is 2.98. The number of aryl methyl sites for hydroxylation is 1. The molecule has 0 spiro atoms. The normalized spacial score (nSPS) is 10.7. The van der Waals surface area contributed by atoms with Crippen LogP contribution in [0.3, 0.4) is 0 Å². The first-order chi connectivity index (χ1) is 13.3. The minimum absolute atomic E-state index is 0.177. The Morgan fingerprint density at radius 3 is 2.11 bits per heavy atom. The molecule has 0 amide bonds. The van der Waals surface area contributed by atoms with Crippen LogP contribution in [0.15, 0.2) is 54.6 Å². The smallest absolute Gasteiger partial charge is 0.338 e. The molecule has 0 aliphatic heterocycles. The van der Waals surface area contributed by atoms with Crippen LogP contribution >= 0.6 is 0 Å². The molecule has 4 nitrogen and oxygen atoms in total. The fourth-order valence-electron chi connectivity index (χ4n) is 2.98. The van der Waals surface area contributed by atoms with Crippen molar-refractivity contribution in [3.63, 3.8) is 0 Å². The van der Waals surface area contributed by atoms with Crippen LogP contribution in [0.4, 0.5) is 8.78 Å².